The number of rotatable bonds is 3. The molecule has 1 saturated carbocycles. The summed E-state index contributed by atoms with van der Waals surface area (Å²) in [6.07, 6.45) is 9.01. The van der Waals surface area contributed by atoms with Gasteiger partial charge in [0.25, 0.3) is 0 Å². The average molecular weight is 384 g/mol. The normalized spacial score (nSPS) is 17.1. The van der Waals surface area contributed by atoms with Crippen LogP contribution in [0.5, 0.6) is 0 Å². The molecule has 3 heteroatoms. The second-order valence-corrected chi connectivity index (χ2v) is 8.54. The molecule has 3 aromatic carbocycles. The van der Waals surface area contributed by atoms with Gasteiger partial charge in [-0.3, -0.25) is 0 Å². The minimum absolute atomic E-state index is 0.522. The fraction of sp³-hybridized carbons (Fsp3) is 0.346. The van der Waals surface area contributed by atoms with Crippen LogP contribution in [0.4, 0.5) is 11.4 Å². The fourth-order valence-corrected chi connectivity index (χ4v) is 5.11. The number of aryl methyl sites for hydroxylation is 2. The quantitative estimate of drug-likeness (QED) is 0.440. The van der Waals surface area contributed by atoms with Gasteiger partial charge in [-0.05, 0) is 71.9 Å². The van der Waals surface area contributed by atoms with Gasteiger partial charge in [-0.15, -0.1) is 0 Å². The van der Waals surface area contributed by atoms with Crippen molar-refractivity contribution in [3.8, 4) is 0 Å². The van der Waals surface area contributed by atoms with Crippen molar-refractivity contribution in [1.82, 2.24) is 0 Å². The Bertz CT molecular complexity index is 1050. The van der Waals surface area contributed by atoms with E-state index in [1.54, 1.807) is 0 Å². The van der Waals surface area contributed by atoms with Crippen LogP contribution in [0.15, 0.2) is 59.6 Å². The Hall–Kier alpha value is -2.81. The Morgan fingerprint density at radius 2 is 1.62 bits per heavy atom. The lowest BCUT2D eigenvalue weighted by molar-refractivity contribution is 0.443. The van der Waals surface area contributed by atoms with Gasteiger partial charge < -0.3 is 10.6 Å². The molecule has 0 spiro atoms. The molecule has 3 nitrogen and oxygen atoms in total. The highest BCUT2D eigenvalue weighted by Crippen LogP contribution is 2.36. The van der Waals surface area contributed by atoms with Gasteiger partial charge in [-0.25, -0.2) is 4.99 Å². The molecule has 0 atom stereocenters. The van der Waals surface area contributed by atoms with Gasteiger partial charge in [-0.1, -0.05) is 55.7 Å². The van der Waals surface area contributed by atoms with Crippen molar-refractivity contribution in [3.63, 3.8) is 0 Å². The highest BCUT2D eigenvalue weighted by Gasteiger charge is 2.18. The Balaban J connectivity index is 1.41. The lowest BCUT2D eigenvalue weighted by Crippen LogP contribution is -2.33. The van der Waals surface area contributed by atoms with Crippen molar-refractivity contribution in [2.75, 3.05) is 11.9 Å². The molecule has 148 valence electrons. The van der Waals surface area contributed by atoms with Crippen LogP contribution in [-0.2, 0) is 12.8 Å². The second kappa shape index (κ2) is 7.55. The Morgan fingerprint density at radius 1 is 0.897 bits per heavy atom. The van der Waals surface area contributed by atoms with Crippen molar-refractivity contribution in [1.29, 1.82) is 0 Å². The minimum Gasteiger partial charge on any atom is -0.369 e. The molecule has 0 heterocycles. The molecule has 2 N–H and O–H groups in total. The molecule has 0 amide bonds. The third kappa shape index (κ3) is 3.39. The first-order valence-electron chi connectivity index (χ1n) is 10.9. The van der Waals surface area contributed by atoms with Gasteiger partial charge in [0.15, 0.2) is 0 Å². The standard InChI is InChI=1S/C26H29N3/c1-29(24-17-14-21-11-10-20-8-5-9-23(24)25(20)21)26(27)28-22-15-12-19(13-16-22)18-6-3-2-4-7-18/h5,8-9,12-18H,2-4,6-7,10-11H2,1H3,(H2,27,28). The summed E-state index contributed by atoms with van der Waals surface area (Å²) >= 11 is 0. The van der Waals surface area contributed by atoms with Crippen LogP contribution in [0.2, 0.25) is 0 Å². The van der Waals surface area contributed by atoms with E-state index in [9.17, 15) is 0 Å². The maximum Gasteiger partial charge on any atom is 0.200 e. The maximum absolute atomic E-state index is 6.42. The fourth-order valence-electron chi connectivity index (χ4n) is 5.11. The first-order chi connectivity index (χ1) is 14.2. The van der Waals surface area contributed by atoms with Crippen LogP contribution in [-0.4, -0.2) is 13.0 Å². The molecule has 2 aliphatic carbocycles. The Labute approximate surface area is 173 Å². The Morgan fingerprint density at radius 3 is 2.38 bits per heavy atom. The molecule has 29 heavy (non-hydrogen) atoms. The molecule has 0 aromatic heterocycles. The van der Waals surface area contributed by atoms with Gasteiger partial charge in [-0.2, -0.15) is 0 Å². The predicted octanol–water partition coefficient (Wildman–Crippen LogP) is 6.07. The van der Waals surface area contributed by atoms with Crippen molar-refractivity contribution in [3.05, 3.63) is 71.3 Å². The van der Waals surface area contributed by atoms with E-state index in [0.717, 1.165) is 30.1 Å². The molecule has 0 unspecified atom stereocenters. The summed E-state index contributed by atoms with van der Waals surface area (Å²) in [6.45, 7) is 0. The summed E-state index contributed by atoms with van der Waals surface area (Å²) in [6, 6.07) is 19.7. The first kappa shape index (κ1) is 18.2. The number of hydrogen-bond acceptors (Lipinski definition) is 1. The second-order valence-electron chi connectivity index (χ2n) is 8.54. The summed E-state index contributed by atoms with van der Waals surface area (Å²) in [5.41, 5.74) is 12.8. The highest BCUT2D eigenvalue weighted by molar-refractivity contribution is 6.07. The van der Waals surface area contributed by atoms with E-state index in [1.165, 1.54) is 59.6 Å². The van der Waals surface area contributed by atoms with Gasteiger partial charge in [0.2, 0.25) is 5.96 Å². The molecule has 0 bridgehead atoms. The molecule has 0 radical (unpaired) electrons. The zero-order valence-electron chi connectivity index (χ0n) is 17.2. The number of anilines is 1. The van der Waals surface area contributed by atoms with Gasteiger partial charge in [0.1, 0.15) is 0 Å². The number of guanidine groups is 1. The smallest absolute Gasteiger partial charge is 0.200 e. The summed E-state index contributed by atoms with van der Waals surface area (Å²) < 4.78 is 0. The van der Waals surface area contributed by atoms with Crippen LogP contribution in [0.25, 0.3) is 10.8 Å². The van der Waals surface area contributed by atoms with Crippen LogP contribution < -0.4 is 10.6 Å². The highest BCUT2D eigenvalue weighted by atomic mass is 15.2. The summed E-state index contributed by atoms with van der Waals surface area (Å²) in [4.78, 5) is 6.72. The van der Waals surface area contributed by atoms with Crippen molar-refractivity contribution < 1.29 is 0 Å². The SMILES string of the molecule is CN(C(N)=Nc1ccc(C2CCCCC2)cc1)c1ccc2c3c(cccc13)CC2. The molecule has 2 aliphatic rings. The zero-order chi connectivity index (χ0) is 19.8. The maximum atomic E-state index is 6.42. The van der Waals surface area contributed by atoms with Gasteiger partial charge in [0.05, 0.1) is 11.4 Å². The third-order valence-corrected chi connectivity index (χ3v) is 6.77. The lowest BCUT2D eigenvalue weighted by Gasteiger charge is -2.22. The van der Waals surface area contributed by atoms with E-state index in [2.05, 4.69) is 54.6 Å². The van der Waals surface area contributed by atoms with Gasteiger partial charge in [0, 0.05) is 12.4 Å². The van der Waals surface area contributed by atoms with Crippen molar-refractivity contribution >= 4 is 28.1 Å². The van der Waals surface area contributed by atoms with Crippen molar-refractivity contribution in [2.24, 2.45) is 10.7 Å². The number of nitrogens with zero attached hydrogens (tertiary/aromatic N) is 2. The van der Waals surface area contributed by atoms with Gasteiger partial charge >= 0.3 is 0 Å². The van der Waals surface area contributed by atoms with Crippen molar-refractivity contribution in [2.45, 2.75) is 50.9 Å². The largest absolute Gasteiger partial charge is 0.369 e. The van der Waals surface area contributed by atoms with Crippen LogP contribution in [0.1, 0.15) is 54.7 Å². The van der Waals surface area contributed by atoms with E-state index in [4.69, 9.17) is 10.7 Å². The topological polar surface area (TPSA) is 41.6 Å². The van der Waals surface area contributed by atoms with Crippen LogP contribution >= 0.6 is 0 Å². The van der Waals surface area contributed by atoms with E-state index >= 15 is 0 Å². The third-order valence-electron chi connectivity index (χ3n) is 6.77. The number of aliphatic imine (C=N–C) groups is 1. The molecule has 0 aliphatic heterocycles. The number of benzene rings is 3. The first-order valence-corrected chi connectivity index (χ1v) is 10.9. The summed E-state index contributed by atoms with van der Waals surface area (Å²) in [5.74, 6) is 1.24. The van der Waals surface area contributed by atoms with E-state index < -0.39 is 0 Å². The van der Waals surface area contributed by atoms with Crippen LogP contribution in [0, 0.1) is 0 Å². The molecular formula is C26H29N3. The predicted molar refractivity (Wildman–Crippen MR) is 123 cm³/mol. The molecular weight excluding hydrogens is 354 g/mol. The summed E-state index contributed by atoms with van der Waals surface area (Å²) in [5, 5.41) is 2.67. The Kier molecular flexibility index (Phi) is 4.75. The molecule has 1 fully saturated rings. The molecule has 0 saturated heterocycles. The minimum atomic E-state index is 0.522. The lowest BCUT2D eigenvalue weighted by atomic mass is 9.84. The summed E-state index contributed by atoms with van der Waals surface area (Å²) in [7, 11) is 2.01. The number of hydrogen-bond donors (Lipinski definition) is 1. The zero-order valence-corrected chi connectivity index (χ0v) is 17.2. The van der Waals surface area contributed by atoms with E-state index in [0.29, 0.717) is 5.96 Å². The average Bonchev–Trinajstić information content (AvgIpc) is 3.20. The number of nitrogens with two attached hydrogens (primary N) is 1. The monoisotopic (exact) mass is 383 g/mol. The van der Waals surface area contributed by atoms with E-state index in [-0.39, 0.29) is 0 Å². The molecule has 5 rings (SSSR count). The molecule has 3 aromatic rings. The van der Waals surface area contributed by atoms with E-state index in [1.807, 2.05) is 11.9 Å². The van der Waals surface area contributed by atoms with Crippen LogP contribution in [0.3, 0.4) is 0 Å².